The zero-order valence-corrected chi connectivity index (χ0v) is 12.1. The summed E-state index contributed by atoms with van der Waals surface area (Å²) in [6.45, 7) is 1.94. The van der Waals surface area contributed by atoms with Crippen LogP contribution in [0.15, 0.2) is 37.2 Å². The first-order chi connectivity index (χ1) is 10.9. The van der Waals surface area contributed by atoms with Crippen LogP contribution in [0, 0.1) is 0 Å². The van der Waals surface area contributed by atoms with Crippen molar-refractivity contribution in [3.05, 3.63) is 37.2 Å². The largest absolute Gasteiger partial charge is 0.367 e. The first kappa shape index (κ1) is 13.0. The van der Waals surface area contributed by atoms with Gasteiger partial charge in [-0.15, -0.1) is 0 Å². The molecule has 3 aromatic rings. The number of rotatable bonds is 3. The Bertz CT molecular complexity index is 747. The van der Waals surface area contributed by atoms with Gasteiger partial charge in [-0.25, -0.2) is 19.9 Å². The molecule has 4 rings (SSSR count). The first-order valence-corrected chi connectivity index (χ1v) is 7.46. The van der Waals surface area contributed by atoms with Gasteiger partial charge in [-0.1, -0.05) is 0 Å². The van der Waals surface area contributed by atoms with E-state index in [-0.39, 0.29) is 0 Å². The van der Waals surface area contributed by atoms with Crippen molar-refractivity contribution in [2.75, 3.05) is 23.3 Å². The molecule has 0 aromatic carbocycles. The second-order valence-corrected chi connectivity index (χ2v) is 5.44. The van der Waals surface area contributed by atoms with Crippen LogP contribution in [-0.2, 0) is 0 Å². The lowest BCUT2D eigenvalue weighted by Crippen LogP contribution is -2.39. The van der Waals surface area contributed by atoms with Crippen molar-refractivity contribution in [3.8, 4) is 0 Å². The average molecular weight is 295 g/mol. The molecule has 0 unspecified atom stereocenters. The van der Waals surface area contributed by atoms with Crippen LogP contribution in [0.2, 0.25) is 0 Å². The molecule has 0 saturated carbocycles. The summed E-state index contributed by atoms with van der Waals surface area (Å²) in [5.41, 5.74) is 0.895. The number of hydrogen-bond donors (Lipinski definition) is 2. The monoisotopic (exact) mass is 295 g/mol. The Morgan fingerprint density at radius 2 is 2.00 bits per heavy atom. The minimum absolute atomic E-state index is 0.440. The third-order valence-corrected chi connectivity index (χ3v) is 4.06. The Kier molecular flexibility index (Phi) is 3.30. The normalized spacial score (nSPS) is 16.1. The van der Waals surface area contributed by atoms with Gasteiger partial charge in [0.15, 0.2) is 0 Å². The number of fused-ring (bicyclic) bond motifs is 1. The summed E-state index contributed by atoms with van der Waals surface area (Å²) in [5.74, 6) is 1.91. The molecule has 22 heavy (non-hydrogen) atoms. The van der Waals surface area contributed by atoms with Gasteiger partial charge in [-0.2, -0.15) is 0 Å². The standard InChI is InChI=1S/C15H17N7/c1-6-17-14-12(1)15(20-10-19-14)22-7-3-11(4-8-22)21-13-2-5-16-9-18-13/h1-2,5-6,9-11H,3-4,7-8H2,(H,16,18,21)(H,17,19,20). The van der Waals surface area contributed by atoms with E-state index in [0.29, 0.717) is 6.04 Å². The minimum Gasteiger partial charge on any atom is -0.367 e. The van der Waals surface area contributed by atoms with Crippen LogP contribution in [0.1, 0.15) is 12.8 Å². The van der Waals surface area contributed by atoms with Gasteiger partial charge in [0.25, 0.3) is 0 Å². The number of aromatic amines is 1. The van der Waals surface area contributed by atoms with Crippen molar-refractivity contribution in [2.45, 2.75) is 18.9 Å². The highest BCUT2D eigenvalue weighted by Gasteiger charge is 2.21. The first-order valence-electron chi connectivity index (χ1n) is 7.46. The fraction of sp³-hybridized carbons (Fsp3) is 0.333. The number of H-pyrrole nitrogens is 1. The second kappa shape index (κ2) is 5.59. The van der Waals surface area contributed by atoms with Gasteiger partial charge in [0.1, 0.15) is 29.9 Å². The molecule has 3 aromatic heterocycles. The van der Waals surface area contributed by atoms with Crippen LogP contribution in [0.25, 0.3) is 11.0 Å². The fourth-order valence-electron chi connectivity index (χ4n) is 2.93. The van der Waals surface area contributed by atoms with Crippen molar-refractivity contribution >= 4 is 22.7 Å². The minimum atomic E-state index is 0.440. The number of nitrogens with zero attached hydrogens (tertiary/aromatic N) is 5. The molecule has 0 radical (unpaired) electrons. The predicted molar refractivity (Wildman–Crippen MR) is 84.8 cm³/mol. The quantitative estimate of drug-likeness (QED) is 0.767. The molecule has 0 amide bonds. The van der Waals surface area contributed by atoms with Crippen molar-refractivity contribution < 1.29 is 0 Å². The highest BCUT2D eigenvalue weighted by Crippen LogP contribution is 2.25. The van der Waals surface area contributed by atoms with Crippen LogP contribution in [0.3, 0.4) is 0 Å². The molecule has 0 atom stereocenters. The maximum Gasteiger partial charge on any atom is 0.142 e. The molecule has 0 bridgehead atoms. The van der Waals surface area contributed by atoms with Crippen LogP contribution in [-0.4, -0.2) is 44.1 Å². The summed E-state index contributed by atoms with van der Waals surface area (Å²) in [7, 11) is 0. The van der Waals surface area contributed by atoms with Crippen molar-refractivity contribution in [2.24, 2.45) is 0 Å². The van der Waals surface area contributed by atoms with E-state index in [9.17, 15) is 0 Å². The smallest absolute Gasteiger partial charge is 0.142 e. The van der Waals surface area contributed by atoms with Crippen LogP contribution in [0.4, 0.5) is 11.6 Å². The fourth-order valence-corrected chi connectivity index (χ4v) is 2.93. The Balaban J connectivity index is 1.45. The average Bonchev–Trinajstić information content (AvgIpc) is 3.05. The number of aromatic nitrogens is 5. The highest BCUT2D eigenvalue weighted by molar-refractivity contribution is 5.87. The molecule has 1 fully saturated rings. The molecule has 0 aliphatic carbocycles. The molecule has 2 N–H and O–H groups in total. The summed E-state index contributed by atoms with van der Waals surface area (Å²) in [6.07, 6.45) is 8.97. The van der Waals surface area contributed by atoms with E-state index < -0.39 is 0 Å². The Labute approximate surface area is 127 Å². The van der Waals surface area contributed by atoms with E-state index in [1.165, 1.54) is 0 Å². The lowest BCUT2D eigenvalue weighted by Gasteiger charge is -2.33. The molecular formula is C15H17N7. The number of hydrogen-bond acceptors (Lipinski definition) is 6. The van der Waals surface area contributed by atoms with Gasteiger partial charge in [0.05, 0.1) is 5.39 Å². The molecule has 7 nitrogen and oxygen atoms in total. The van der Waals surface area contributed by atoms with Gasteiger partial charge < -0.3 is 15.2 Å². The van der Waals surface area contributed by atoms with Gasteiger partial charge in [-0.05, 0) is 25.0 Å². The Morgan fingerprint density at radius 3 is 2.82 bits per heavy atom. The van der Waals surface area contributed by atoms with E-state index in [4.69, 9.17) is 0 Å². The van der Waals surface area contributed by atoms with Crippen molar-refractivity contribution in [3.63, 3.8) is 0 Å². The van der Waals surface area contributed by atoms with E-state index in [1.54, 1.807) is 18.9 Å². The molecule has 1 aliphatic heterocycles. The number of nitrogens with one attached hydrogen (secondary N) is 2. The SMILES string of the molecule is c1cc(NC2CCN(c3ncnc4[nH]ccc34)CC2)ncn1. The van der Waals surface area contributed by atoms with Gasteiger partial charge >= 0.3 is 0 Å². The van der Waals surface area contributed by atoms with E-state index in [1.807, 2.05) is 18.3 Å². The van der Waals surface area contributed by atoms with E-state index >= 15 is 0 Å². The zero-order valence-electron chi connectivity index (χ0n) is 12.1. The van der Waals surface area contributed by atoms with Gasteiger partial charge in [0.2, 0.25) is 0 Å². The highest BCUT2D eigenvalue weighted by atomic mass is 15.2. The topological polar surface area (TPSA) is 82.6 Å². The molecule has 112 valence electrons. The third-order valence-electron chi connectivity index (χ3n) is 4.06. The number of anilines is 2. The van der Waals surface area contributed by atoms with Crippen molar-refractivity contribution in [1.29, 1.82) is 0 Å². The lowest BCUT2D eigenvalue weighted by atomic mass is 10.0. The molecule has 1 aliphatic rings. The van der Waals surface area contributed by atoms with Crippen LogP contribution < -0.4 is 10.2 Å². The summed E-state index contributed by atoms with van der Waals surface area (Å²) < 4.78 is 0. The Morgan fingerprint density at radius 1 is 1.09 bits per heavy atom. The van der Waals surface area contributed by atoms with Crippen molar-refractivity contribution in [1.82, 2.24) is 24.9 Å². The summed E-state index contributed by atoms with van der Waals surface area (Å²) >= 11 is 0. The Hall–Kier alpha value is -2.70. The summed E-state index contributed by atoms with van der Waals surface area (Å²) in [5, 5.41) is 4.56. The third kappa shape index (κ3) is 2.45. The second-order valence-electron chi connectivity index (χ2n) is 5.44. The van der Waals surface area contributed by atoms with Gasteiger partial charge in [-0.3, -0.25) is 0 Å². The maximum absolute atomic E-state index is 4.47. The lowest BCUT2D eigenvalue weighted by molar-refractivity contribution is 0.523. The molecule has 7 heteroatoms. The van der Waals surface area contributed by atoms with Crippen LogP contribution in [0.5, 0.6) is 0 Å². The number of piperidine rings is 1. The zero-order chi connectivity index (χ0) is 14.8. The van der Waals surface area contributed by atoms with Crippen LogP contribution >= 0.6 is 0 Å². The molecule has 0 spiro atoms. The molecular weight excluding hydrogens is 278 g/mol. The predicted octanol–water partition coefficient (Wildman–Crippen LogP) is 1.83. The van der Waals surface area contributed by atoms with E-state index in [0.717, 1.165) is 48.6 Å². The van der Waals surface area contributed by atoms with Gasteiger partial charge in [0, 0.05) is 31.5 Å². The maximum atomic E-state index is 4.47. The summed E-state index contributed by atoms with van der Waals surface area (Å²) in [4.78, 5) is 22.3. The van der Waals surface area contributed by atoms with E-state index in [2.05, 4.69) is 35.1 Å². The molecule has 4 heterocycles. The molecule has 1 saturated heterocycles. The summed E-state index contributed by atoms with van der Waals surface area (Å²) in [6, 6.07) is 4.38.